The number of benzene rings is 2. The Morgan fingerprint density at radius 3 is 2.48 bits per heavy atom. The molecule has 0 bridgehead atoms. The SMILES string of the molecule is Cc1ccc(Sc2ccccc2CNCC(C)C)c(C)c1. The molecule has 112 valence electrons. The number of aryl methyl sites for hydroxylation is 2. The van der Waals surface area contributed by atoms with Crippen LogP contribution in [0.1, 0.15) is 30.5 Å². The van der Waals surface area contributed by atoms with Gasteiger partial charge in [0.25, 0.3) is 0 Å². The van der Waals surface area contributed by atoms with E-state index < -0.39 is 0 Å². The molecule has 0 aliphatic rings. The predicted octanol–water partition coefficient (Wildman–Crippen LogP) is 5.20. The summed E-state index contributed by atoms with van der Waals surface area (Å²) < 4.78 is 0. The summed E-state index contributed by atoms with van der Waals surface area (Å²) >= 11 is 1.87. The summed E-state index contributed by atoms with van der Waals surface area (Å²) in [6.07, 6.45) is 0. The smallest absolute Gasteiger partial charge is 0.0216 e. The quantitative estimate of drug-likeness (QED) is 0.786. The van der Waals surface area contributed by atoms with Crippen LogP contribution in [-0.4, -0.2) is 6.54 Å². The maximum absolute atomic E-state index is 3.54. The van der Waals surface area contributed by atoms with E-state index in [1.54, 1.807) is 0 Å². The van der Waals surface area contributed by atoms with Gasteiger partial charge in [0.05, 0.1) is 0 Å². The van der Waals surface area contributed by atoms with Gasteiger partial charge in [0.15, 0.2) is 0 Å². The Hall–Kier alpha value is -1.25. The molecule has 0 aromatic heterocycles. The lowest BCUT2D eigenvalue weighted by molar-refractivity contribution is 0.550. The highest BCUT2D eigenvalue weighted by molar-refractivity contribution is 7.99. The molecule has 2 heteroatoms. The lowest BCUT2D eigenvalue weighted by Crippen LogP contribution is -2.19. The lowest BCUT2D eigenvalue weighted by atomic mass is 10.2. The third kappa shape index (κ3) is 4.90. The van der Waals surface area contributed by atoms with Gasteiger partial charge in [-0.15, -0.1) is 0 Å². The second kappa shape index (κ2) is 7.67. The first kappa shape index (κ1) is 16.1. The van der Waals surface area contributed by atoms with E-state index in [9.17, 15) is 0 Å². The topological polar surface area (TPSA) is 12.0 Å². The molecule has 0 fully saturated rings. The molecule has 0 amide bonds. The van der Waals surface area contributed by atoms with Crippen LogP contribution >= 0.6 is 11.8 Å². The summed E-state index contributed by atoms with van der Waals surface area (Å²) in [6.45, 7) is 10.8. The Bertz CT molecular complexity index is 590. The minimum absolute atomic E-state index is 0.684. The second-order valence-corrected chi connectivity index (χ2v) is 7.09. The van der Waals surface area contributed by atoms with Crippen molar-refractivity contribution in [3.05, 3.63) is 59.2 Å². The van der Waals surface area contributed by atoms with Crippen LogP contribution in [0, 0.1) is 19.8 Å². The van der Waals surface area contributed by atoms with Crippen molar-refractivity contribution >= 4 is 11.8 Å². The van der Waals surface area contributed by atoms with Gasteiger partial charge in [0.2, 0.25) is 0 Å². The van der Waals surface area contributed by atoms with Crippen molar-refractivity contribution in [2.24, 2.45) is 5.92 Å². The van der Waals surface area contributed by atoms with Gasteiger partial charge in [-0.3, -0.25) is 0 Å². The molecule has 0 aliphatic carbocycles. The maximum atomic E-state index is 3.54. The molecule has 0 atom stereocenters. The van der Waals surface area contributed by atoms with Crippen molar-refractivity contribution in [3.63, 3.8) is 0 Å². The Labute approximate surface area is 133 Å². The summed E-state index contributed by atoms with van der Waals surface area (Å²) in [7, 11) is 0. The Balaban J connectivity index is 2.12. The molecule has 0 unspecified atom stereocenters. The van der Waals surface area contributed by atoms with Gasteiger partial charge in [-0.05, 0) is 49.6 Å². The number of hydrogen-bond acceptors (Lipinski definition) is 2. The molecule has 2 aromatic rings. The molecule has 1 N–H and O–H groups in total. The molecule has 1 nitrogen and oxygen atoms in total. The van der Waals surface area contributed by atoms with Gasteiger partial charge in [0.1, 0.15) is 0 Å². The third-order valence-electron chi connectivity index (χ3n) is 3.39. The van der Waals surface area contributed by atoms with E-state index >= 15 is 0 Å². The Morgan fingerprint density at radius 1 is 1.00 bits per heavy atom. The van der Waals surface area contributed by atoms with E-state index in [2.05, 4.69) is 75.5 Å². The van der Waals surface area contributed by atoms with Crippen molar-refractivity contribution in [1.82, 2.24) is 5.32 Å². The minimum Gasteiger partial charge on any atom is -0.312 e. The van der Waals surface area contributed by atoms with Crippen molar-refractivity contribution in [2.45, 2.75) is 44.0 Å². The molecule has 0 aliphatic heterocycles. The van der Waals surface area contributed by atoms with Crippen LogP contribution in [0.25, 0.3) is 0 Å². The standard InChI is InChI=1S/C19H25NS/c1-14(2)12-20-13-17-7-5-6-8-19(17)21-18-10-9-15(3)11-16(18)4/h5-11,14,20H,12-13H2,1-4H3. The van der Waals surface area contributed by atoms with Gasteiger partial charge in [-0.25, -0.2) is 0 Å². The number of rotatable bonds is 6. The van der Waals surface area contributed by atoms with Crippen molar-refractivity contribution < 1.29 is 0 Å². The van der Waals surface area contributed by atoms with Crippen LogP contribution in [0.15, 0.2) is 52.3 Å². The molecule has 2 aromatic carbocycles. The van der Waals surface area contributed by atoms with E-state index in [4.69, 9.17) is 0 Å². The highest BCUT2D eigenvalue weighted by Gasteiger charge is 2.06. The van der Waals surface area contributed by atoms with Crippen LogP contribution < -0.4 is 5.32 Å². The van der Waals surface area contributed by atoms with Crippen LogP contribution in [0.5, 0.6) is 0 Å². The molecule has 0 heterocycles. The van der Waals surface area contributed by atoms with E-state index in [0.29, 0.717) is 5.92 Å². The van der Waals surface area contributed by atoms with Gasteiger partial charge in [-0.2, -0.15) is 0 Å². The maximum Gasteiger partial charge on any atom is 0.0216 e. The summed E-state index contributed by atoms with van der Waals surface area (Å²) in [5.41, 5.74) is 4.05. The van der Waals surface area contributed by atoms with Gasteiger partial charge >= 0.3 is 0 Å². The molecular weight excluding hydrogens is 274 g/mol. The summed E-state index contributed by atoms with van der Waals surface area (Å²) in [4.78, 5) is 2.69. The van der Waals surface area contributed by atoms with E-state index in [-0.39, 0.29) is 0 Å². The van der Waals surface area contributed by atoms with Crippen LogP contribution in [0.4, 0.5) is 0 Å². The molecule has 0 saturated heterocycles. The second-order valence-electron chi connectivity index (χ2n) is 6.00. The highest BCUT2D eigenvalue weighted by Crippen LogP contribution is 2.32. The third-order valence-corrected chi connectivity index (χ3v) is 4.69. The van der Waals surface area contributed by atoms with Gasteiger partial charge < -0.3 is 5.32 Å². The first-order valence-electron chi connectivity index (χ1n) is 7.60. The van der Waals surface area contributed by atoms with Gasteiger partial charge in [-0.1, -0.05) is 61.5 Å². The molecule has 0 radical (unpaired) electrons. The van der Waals surface area contributed by atoms with Crippen molar-refractivity contribution in [2.75, 3.05) is 6.54 Å². The highest BCUT2D eigenvalue weighted by atomic mass is 32.2. The number of hydrogen-bond donors (Lipinski definition) is 1. The lowest BCUT2D eigenvalue weighted by Gasteiger charge is -2.13. The zero-order chi connectivity index (χ0) is 15.2. The monoisotopic (exact) mass is 299 g/mol. The molecule has 2 rings (SSSR count). The normalized spacial score (nSPS) is 11.1. The first-order chi connectivity index (χ1) is 10.1. The molecule has 21 heavy (non-hydrogen) atoms. The van der Waals surface area contributed by atoms with Crippen molar-refractivity contribution in [3.8, 4) is 0 Å². The van der Waals surface area contributed by atoms with E-state index in [0.717, 1.165) is 13.1 Å². The average molecular weight is 299 g/mol. The van der Waals surface area contributed by atoms with Crippen molar-refractivity contribution in [1.29, 1.82) is 0 Å². The van der Waals surface area contributed by atoms with Crippen LogP contribution in [0.2, 0.25) is 0 Å². The number of nitrogens with one attached hydrogen (secondary N) is 1. The molecule has 0 spiro atoms. The summed E-state index contributed by atoms with van der Waals surface area (Å²) in [5, 5.41) is 3.54. The van der Waals surface area contributed by atoms with Gasteiger partial charge in [0, 0.05) is 16.3 Å². The fourth-order valence-corrected chi connectivity index (χ4v) is 3.29. The predicted molar refractivity (Wildman–Crippen MR) is 93.0 cm³/mol. The molecular formula is C19H25NS. The summed E-state index contributed by atoms with van der Waals surface area (Å²) in [6, 6.07) is 15.4. The fourth-order valence-electron chi connectivity index (χ4n) is 2.28. The molecule has 0 saturated carbocycles. The largest absolute Gasteiger partial charge is 0.312 e. The van der Waals surface area contributed by atoms with Crippen LogP contribution in [0.3, 0.4) is 0 Å². The van der Waals surface area contributed by atoms with E-state index in [1.165, 1.54) is 26.5 Å². The van der Waals surface area contributed by atoms with Crippen LogP contribution in [-0.2, 0) is 6.54 Å². The Morgan fingerprint density at radius 2 is 1.76 bits per heavy atom. The Kier molecular flexibility index (Phi) is 5.89. The average Bonchev–Trinajstić information content (AvgIpc) is 2.43. The van der Waals surface area contributed by atoms with E-state index in [1.807, 2.05) is 11.8 Å². The first-order valence-corrected chi connectivity index (χ1v) is 8.41. The fraction of sp³-hybridized carbons (Fsp3) is 0.368. The zero-order valence-corrected chi connectivity index (χ0v) is 14.3. The zero-order valence-electron chi connectivity index (χ0n) is 13.4. The summed E-state index contributed by atoms with van der Waals surface area (Å²) in [5.74, 6) is 0.684. The minimum atomic E-state index is 0.684.